The molecular weight excluding hydrogens is 257 g/mol. The summed E-state index contributed by atoms with van der Waals surface area (Å²) in [5, 5.41) is 2.88. The summed E-state index contributed by atoms with van der Waals surface area (Å²) in [4.78, 5) is 14.3. The summed E-state index contributed by atoms with van der Waals surface area (Å²) < 4.78 is 13.6. The van der Waals surface area contributed by atoms with Crippen LogP contribution in [-0.2, 0) is 0 Å². The second-order valence-electron chi connectivity index (χ2n) is 5.65. The number of benzene rings is 1. The first-order valence-corrected chi connectivity index (χ1v) is 6.99. The van der Waals surface area contributed by atoms with Gasteiger partial charge in [-0.05, 0) is 51.4 Å². The summed E-state index contributed by atoms with van der Waals surface area (Å²) in [6.45, 7) is 4.33. The maximum absolute atomic E-state index is 13.6. The summed E-state index contributed by atoms with van der Waals surface area (Å²) in [6.07, 6.45) is 2.28. The molecule has 1 aliphatic heterocycles. The highest BCUT2D eigenvalue weighted by molar-refractivity contribution is 5.95. The van der Waals surface area contributed by atoms with Gasteiger partial charge >= 0.3 is 0 Å². The van der Waals surface area contributed by atoms with Crippen molar-refractivity contribution in [1.82, 2.24) is 10.2 Å². The maximum Gasteiger partial charge on any atom is 0.251 e. The fraction of sp³-hybridized carbons (Fsp3) is 0.533. The van der Waals surface area contributed by atoms with E-state index in [0.717, 1.165) is 25.9 Å². The molecular formula is C15H22FN3O. The number of hydrogen-bond donors (Lipinski definition) is 2. The molecule has 2 rings (SSSR count). The lowest BCUT2D eigenvalue weighted by molar-refractivity contribution is 0.0936. The SMILES string of the molecule is Cc1c(N)cc(C(=O)NCC2CCCN(C)C2)cc1F. The summed E-state index contributed by atoms with van der Waals surface area (Å²) >= 11 is 0. The number of rotatable bonds is 3. The van der Waals surface area contributed by atoms with Gasteiger partial charge in [0.15, 0.2) is 0 Å². The molecule has 1 unspecified atom stereocenters. The van der Waals surface area contributed by atoms with Crippen LogP contribution in [0.1, 0.15) is 28.8 Å². The van der Waals surface area contributed by atoms with Gasteiger partial charge in [0.05, 0.1) is 0 Å². The lowest BCUT2D eigenvalue weighted by atomic mass is 9.98. The minimum absolute atomic E-state index is 0.260. The molecule has 0 aromatic heterocycles. The van der Waals surface area contributed by atoms with E-state index in [2.05, 4.69) is 17.3 Å². The number of carbonyl (C=O) groups excluding carboxylic acids is 1. The van der Waals surface area contributed by atoms with E-state index in [1.165, 1.54) is 12.1 Å². The average Bonchev–Trinajstić information content (AvgIpc) is 2.41. The van der Waals surface area contributed by atoms with E-state index in [-0.39, 0.29) is 11.5 Å². The van der Waals surface area contributed by atoms with Crippen LogP contribution in [0.25, 0.3) is 0 Å². The number of nitrogens with one attached hydrogen (secondary N) is 1. The zero-order valence-corrected chi connectivity index (χ0v) is 12.1. The number of hydrogen-bond acceptors (Lipinski definition) is 3. The van der Waals surface area contributed by atoms with Crippen LogP contribution in [0.5, 0.6) is 0 Å². The molecule has 4 nitrogen and oxygen atoms in total. The summed E-state index contributed by atoms with van der Waals surface area (Å²) in [5.41, 5.74) is 6.67. The molecule has 1 amide bonds. The molecule has 1 aliphatic rings. The number of nitrogen functional groups attached to an aromatic ring is 1. The molecule has 1 atom stereocenters. The molecule has 1 saturated heterocycles. The Morgan fingerprint density at radius 2 is 2.30 bits per heavy atom. The van der Waals surface area contributed by atoms with Crippen LogP contribution in [0, 0.1) is 18.7 Å². The van der Waals surface area contributed by atoms with Gasteiger partial charge in [-0.15, -0.1) is 0 Å². The number of nitrogens with two attached hydrogens (primary N) is 1. The fourth-order valence-electron chi connectivity index (χ4n) is 2.61. The van der Waals surface area contributed by atoms with E-state index in [1.54, 1.807) is 6.92 Å². The Morgan fingerprint density at radius 1 is 1.55 bits per heavy atom. The van der Waals surface area contributed by atoms with Crippen LogP contribution in [0.3, 0.4) is 0 Å². The topological polar surface area (TPSA) is 58.4 Å². The van der Waals surface area contributed by atoms with Crippen molar-refractivity contribution in [3.63, 3.8) is 0 Å². The highest BCUT2D eigenvalue weighted by Gasteiger charge is 2.18. The molecule has 1 heterocycles. The Hall–Kier alpha value is -1.62. The van der Waals surface area contributed by atoms with Crippen molar-refractivity contribution >= 4 is 11.6 Å². The largest absolute Gasteiger partial charge is 0.398 e. The van der Waals surface area contributed by atoms with Crippen LogP contribution >= 0.6 is 0 Å². The number of piperidine rings is 1. The second kappa shape index (κ2) is 6.22. The van der Waals surface area contributed by atoms with Crippen molar-refractivity contribution in [3.05, 3.63) is 29.1 Å². The van der Waals surface area contributed by atoms with Gasteiger partial charge in [0.2, 0.25) is 0 Å². The Bertz CT molecular complexity index is 481. The molecule has 0 aliphatic carbocycles. The molecule has 5 heteroatoms. The normalized spacial score (nSPS) is 19.9. The Morgan fingerprint density at radius 3 is 2.95 bits per heavy atom. The summed E-state index contributed by atoms with van der Waals surface area (Å²) in [5.74, 6) is -0.235. The third-order valence-corrected chi connectivity index (χ3v) is 3.92. The number of likely N-dealkylation sites (tertiary alicyclic amines) is 1. The standard InChI is InChI=1S/C15H22FN3O/c1-10-13(16)6-12(7-14(10)17)15(20)18-8-11-4-3-5-19(2)9-11/h6-7,11H,3-5,8-9,17H2,1-2H3,(H,18,20). The first-order valence-electron chi connectivity index (χ1n) is 6.99. The van der Waals surface area contributed by atoms with Crippen LogP contribution in [0.15, 0.2) is 12.1 Å². The van der Waals surface area contributed by atoms with Crippen molar-refractivity contribution in [1.29, 1.82) is 0 Å². The fourth-order valence-corrected chi connectivity index (χ4v) is 2.61. The zero-order valence-electron chi connectivity index (χ0n) is 12.1. The van der Waals surface area contributed by atoms with Gasteiger partial charge in [-0.2, -0.15) is 0 Å². The number of halogens is 1. The highest BCUT2D eigenvalue weighted by atomic mass is 19.1. The number of amides is 1. The number of nitrogens with zero attached hydrogens (tertiary/aromatic N) is 1. The van der Waals surface area contributed by atoms with Crippen LogP contribution < -0.4 is 11.1 Å². The third kappa shape index (κ3) is 3.48. The van der Waals surface area contributed by atoms with Gasteiger partial charge < -0.3 is 16.0 Å². The van der Waals surface area contributed by atoms with Gasteiger partial charge in [0.1, 0.15) is 5.82 Å². The van der Waals surface area contributed by atoms with E-state index in [0.29, 0.717) is 23.7 Å². The zero-order chi connectivity index (χ0) is 14.7. The first-order chi connectivity index (χ1) is 9.47. The predicted molar refractivity (Wildman–Crippen MR) is 78.1 cm³/mol. The lowest BCUT2D eigenvalue weighted by Crippen LogP contribution is -2.39. The summed E-state index contributed by atoms with van der Waals surface area (Å²) in [6, 6.07) is 2.77. The number of anilines is 1. The van der Waals surface area contributed by atoms with Crippen molar-refractivity contribution in [2.75, 3.05) is 32.4 Å². The molecule has 1 fully saturated rings. The number of carbonyl (C=O) groups is 1. The molecule has 1 aromatic rings. The molecule has 1 aromatic carbocycles. The van der Waals surface area contributed by atoms with Crippen LogP contribution in [0.2, 0.25) is 0 Å². The molecule has 20 heavy (non-hydrogen) atoms. The highest BCUT2D eigenvalue weighted by Crippen LogP contribution is 2.18. The molecule has 0 bridgehead atoms. The Kier molecular flexibility index (Phi) is 4.60. The molecule has 0 radical (unpaired) electrons. The average molecular weight is 279 g/mol. The van der Waals surface area contributed by atoms with E-state index < -0.39 is 5.82 Å². The van der Waals surface area contributed by atoms with Crippen molar-refractivity contribution in [3.8, 4) is 0 Å². The smallest absolute Gasteiger partial charge is 0.251 e. The molecule has 3 N–H and O–H groups in total. The molecule has 0 spiro atoms. The summed E-state index contributed by atoms with van der Waals surface area (Å²) in [7, 11) is 2.09. The second-order valence-corrected chi connectivity index (χ2v) is 5.65. The Balaban J connectivity index is 1.95. The van der Waals surface area contributed by atoms with Gasteiger partial charge in [0.25, 0.3) is 5.91 Å². The third-order valence-electron chi connectivity index (χ3n) is 3.92. The first kappa shape index (κ1) is 14.8. The van der Waals surface area contributed by atoms with Crippen molar-refractivity contribution in [2.45, 2.75) is 19.8 Å². The van der Waals surface area contributed by atoms with E-state index in [4.69, 9.17) is 5.73 Å². The maximum atomic E-state index is 13.6. The van der Waals surface area contributed by atoms with Crippen molar-refractivity contribution in [2.24, 2.45) is 5.92 Å². The van der Waals surface area contributed by atoms with Crippen LogP contribution in [-0.4, -0.2) is 37.5 Å². The lowest BCUT2D eigenvalue weighted by Gasteiger charge is -2.29. The quantitative estimate of drug-likeness (QED) is 0.829. The van der Waals surface area contributed by atoms with Gasteiger partial charge in [-0.3, -0.25) is 4.79 Å². The predicted octanol–water partition coefficient (Wildman–Crippen LogP) is 1.79. The molecule has 0 saturated carbocycles. The van der Waals surface area contributed by atoms with E-state index >= 15 is 0 Å². The van der Waals surface area contributed by atoms with Gasteiger partial charge in [-0.1, -0.05) is 0 Å². The van der Waals surface area contributed by atoms with Gasteiger partial charge in [0, 0.05) is 29.9 Å². The van der Waals surface area contributed by atoms with E-state index in [9.17, 15) is 9.18 Å². The monoisotopic (exact) mass is 279 g/mol. The Labute approximate surface area is 119 Å². The van der Waals surface area contributed by atoms with Crippen molar-refractivity contribution < 1.29 is 9.18 Å². The minimum Gasteiger partial charge on any atom is -0.398 e. The van der Waals surface area contributed by atoms with Crippen LogP contribution in [0.4, 0.5) is 10.1 Å². The van der Waals surface area contributed by atoms with E-state index in [1.807, 2.05) is 0 Å². The minimum atomic E-state index is -0.437. The molecule has 110 valence electrons. The van der Waals surface area contributed by atoms with Gasteiger partial charge in [-0.25, -0.2) is 4.39 Å².